The minimum atomic E-state index is -0.0208. The summed E-state index contributed by atoms with van der Waals surface area (Å²) in [7, 11) is 0. The summed E-state index contributed by atoms with van der Waals surface area (Å²) in [6.45, 7) is 14.0. The first-order valence-electron chi connectivity index (χ1n) is 9.49. The van der Waals surface area contributed by atoms with Crippen LogP contribution in [0.15, 0.2) is 35.3 Å². The van der Waals surface area contributed by atoms with Crippen LogP contribution >= 0.6 is 0 Å². The van der Waals surface area contributed by atoms with E-state index in [2.05, 4.69) is 71.2 Å². The molecular weight excluding hydrogens is 310 g/mol. The molecule has 1 aliphatic heterocycles. The molecule has 5 nitrogen and oxygen atoms in total. The molecule has 1 aliphatic rings. The van der Waals surface area contributed by atoms with E-state index in [-0.39, 0.29) is 5.54 Å². The molecule has 1 fully saturated rings. The molecular formula is C20H35N5. The SMILES string of the molecule is CC(C)(C)NC(N)=NCCCCN1CCN(Cc2ccccc2)CC1. The van der Waals surface area contributed by atoms with Crippen LogP contribution in [0, 0.1) is 0 Å². The lowest BCUT2D eigenvalue weighted by Crippen LogP contribution is -2.46. The zero-order valence-electron chi connectivity index (χ0n) is 16.2. The van der Waals surface area contributed by atoms with Crippen molar-refractivity contribution in [2.75, 3.05) is 39.3 Å². The van der Waals surface area contributed by atoms with E-state index in [0.29, 0.717) is 5.96 Å². The molecule has 0 atom stereocenters. The van der Waals surface area contributed by atoms with Gasteiger partial charge in [-0.3, -0.25) is 9.89 Å². The van der Waals surface area contributed by atoms with Gasteiger partial charge in [-0.25, -0.2) is 0 Å². The van der Waals surface area contributed by atoms with Crippen molar-refractivity contribution in [3.05, 3.63) is 35.9 Å². The Bertz CT molecular complexity index is 513. The molecule has 0 aromatic heterocycles. The fourth-order valence-electron chi connectivity index (χ4n) is 3.08. The number of hydrogen-bond acceptors (Lipinski definition) is 3. The summed E-state index contributed by atoms with van der Waals surface area (Å²) in [6.07, 6.45) is 2.28. The fourth-order valence-corrected chi connectivity index (χ4v) is 3.08. The maximum Gasteiger partial charge on any atom is 0.188 e. The standard InChI is InChI=1S/C20H35N5/c1-20(2,3)23-19(21)22-11-7-8-12-24-13-15-25(16-14-24)17-18-9-5-4-6-10-18/h4-6,9-10H,7-8,11-17H2,1-3H3,(H3,21,22,23). The second kappa shape index (κ2) is 9.78. The molecule has 0 radical (unpaired) electrons. The highest BCUT2D eigenvalue weighted by Gasteiger charge is 2.16. The van der Waals surface area contributed by atoms with E-state index >= 15 is 0 Å². The van der Waals surface area contributed by atoms with E-state index in [0.717, 1.165) is 32.6 Å². The third-order valence-electron chi connectivity index (χ3n) is 4.38. The molecule has 1 heterocycles. The number of unbranched alkanes of at least 4 members (excludes halogenated alkanes) is 1. The molecule has 0 aliphatic carbocycles. The molecule has 1 aromatic rings. The Morgan fingerprint density at radius 2 is 1.68 bits per heavy atom. The molecule has 25 heavy (non-hydrogen) atoms. The monoisotopic (exact) mass is 345 g/mol. The molecule has 1 aromatic carbocycles. The number of hydrogen-bond donors (Lipinski definition) is 2. The zero-order valence-corrected chi connectivity index (χ0v) is 16.2. The van der Waals surface area contributed by atoms with Crippen LogP contribution in [0.2, 0.25) is 0 Å². The van der Waals surface area contributed by atoms with Gasteiger partial charge in [0.15, 0.2) is 5.96 Å². The maximum absolute atomic E-state index is 5.89. The quantitative estimate of drug-likeness (QED) is 0.452. The second-order valence-electron chi connectivity index (χ2n) is 7.95. The van der Waals surface area contributed by atoms with Gasteiger partial charge >= 0.3 is 0 Å². The van der Waals surface area contributed by atoms with Gasteiger partial charge in [0.25, 0.3) is 0 Å². The van der Waals surface area contributed by atoms with Crippen LogP contribution in [0.5, 0.6) is 0 Å². The Balaban J connectivity index is 1.56. The first kappa shape index (κ1) is 19.7. The normalized spacial score (nSPS) is 17.6. The van der Waals surface area contributed by atoms with Crippen LogP contribution in [0.25, 0.3) is 0 Å². The van der Waals surface area contributed by atoms with Gasteiger partial charge in [-0.15, -0.1) is 0 Å². The van der Waals surface area contributed by atoms with Crippen molar-refractivity contribution in [1.82, 2.24) is 15.1 Å². The molecule has 0 saturated carbocycles. The Labute approximate surface area is 153 Å². The summed E-state index contributed by atoms with van der Waals surface area (Å²) in [5.74, 6) is 0.557. The summed E-state index contributed by atoms with van der Waals surface area (Å²) in [5, 5.41) is 3.20. The molecule has 3 N–H and O–H groups in total. The van der Waals surface area contributed by atoms with Crippen molar-refractivity contribution >= 4 is 5.96 Å². The summed E-state index contributed by atoms with van der Waals surface area (Å²) in [4.78, 5) is 9.53. The topological polar surface area (TPSA) is 56.9 Å². The predicted molar refractivity (Wildman–Crippen MR) is 107 cm³/mol. The highest BCUT2D eigenvalue weighted by atomic mass is 15.3. The largest absolute Gasteiger partial charge is 0.370 e. The molecule has 5 heteroatoms. The summed E-state index contributed by atoms with van der Waals surface area (Å²) in [5.41, 5.74) is 7.28. The van der Waals surface area contributed by atoms with Gasteiger partial charge in [0, 0.05) is 44.8 Å². The number of rotatable bonds is 7. The lowest BCUT2D eigenvalue weighted by molar-refractivity contribution is 0.126. The van der Waals surface area contributed by atoms with E-state index in [4.69, 9.17) is 5.73 Å². The Morgan fingerprint density at radius 1 is 1.04 bits per heavy atom. The van der Waals surface area contributed by atoms with Crippen LogP contribution in [0.3, 0.4) is 0 Å². The summed E-state index contributed by atoms with van der Waals surface area (Å²) < 4.78 is 0. The van der Waals surface area contributed by atoms with E-state index in [1.807, 2.05) is 0 Å². The predicted octanol–water partition coefficient (Wildman–Crippen LogP) is 2.29. The highest BCUT2D eigenvalue weighted by molar-refractivity contribution is 5.78. The Hall–Kier alpha value is -1.59. The molecule has 1 saturated heterocycles. The first-order valence-corrected chi connectivity index (χ1v) is 9.49. The van der Waals surface area contributed by atoms with Crippen molar-refractivity contribution in [2.24, 2.45) is 10.7 Å². The van der Waals surface area contributed by atoms with Gasteiger partial charge < -0.3 is 16.0 Å². The maximum atomic E-state index is 5.89. The zero-order chi connectivity index (χ0) is 18.1. The van der Waals surface area contributed by atoms with Crippen molar-refractivity contribution in [2.45, 2.75) is 45.7 Å². The third kappa shape index (κ3) is 8.36. The molecule has 0 unspecified atom stereocenters. The number of nitrogens with one attached hydrogen (secondary N) is 1. The molecule has 2 rings (SSSR count). The minimum Gasteiger partial charge on any atom is -0.370 e. The van der Waals surface area contributed by atoms with E-state index in [1.54, 1.807) is 0 Å². The van der Waals surface area contributed by atoms with Gasteiger partial charge in [-0.05, 0) is 45.7 Å². The van der Waals surface area contributed by atoms with E-state index < -0.39 is 0 Å². The average molecular weight is 346 g/mol. The molecule has 140 valence electrons. The highest BCUT2D eigenvalue weighted by Crippen LogP contribution is 2.09. The Morgan fingerprint density at radius 3 is 2.32 bits per heavy atom. The number of piperazine rings is 1. The van der Waals surface area contributed by atoms with Crippen LogP contribution in [0.1, 0.15) is 39.2 Å². The van der Waals surface area contributed by atoms with Crippen LogP contribution in [-0.4, -0.2) is 60.6 Å². The second-order valence-corrected chi connectivity index (χ2v) is 7.95. The first-order chi connectivity index (χ1) is 11.9. The van der Waals surface area contributed by atoms with Gasteiger partial charge in [-0.2, -0.15) is 0 Å². The summed E-state index contributed by atoms with van der Waals surface area (Å²) >= 11 is 0. The number of guanidine groups is 1. The lowest BCUT2D eigenvalue weighted by Gasteiger charge is -2.34. The minimum absolute atomic E-state index is 0.0208. The van der Waals surface area contributed by atoms with Gasteiger partial charge in [-0.1, -0.05) is 30.3 Å². The van der Waals surface area contributed by atoms with Crippen molar-refractivity contribution < 1.29 is 0 Å². The van der Waals surface area contributed by atoms with E-state index in [9.17, 15) is 0 Å². The Kier molecular flexibility index (Phi) is 7.72. The number of nitrogens with two attached hydrogens (primary N) is 1. The van der Waals surface area contributed by atoms with Crippen molar-refractivity contribution in [3.63, 3.8) is 0 Å². The number of nitrogens with zero attached hydrogens (tertiary/aromatic N) is 3. The van der Waals surface area contributed by atoms with E-state index in [1.165, 1.54) is 31.6 Å². The molecule has 0 bridgehead atoms. The average Bonchev–Trinajstić information content (AvgIpc) is 2.55. The fraction of sp³-hybridized carbons (Fsp3) is 0.650. The van der Waals surface area contributed by atoms with Gasteiger partial charge in [0.05, 0.1) is 0 Å². The summed E-state index contributed by atoms with van der Waals surface area (Å²) in [6, 6.07) is 10.8. The van der Waals surface area contributed by atoms with Gasteiger partial charge in [0.2, 0.25) is 0 Å². The van der Waals surface area contributed by atoms with Crippen molar-refractivity contribution in [3.8, 4) is 0 Å². The van der Waals surface area contributed by atoms with Crippen LogP contribution in [-0.2, 0) is 6.54 Å². The lowest BCUT2D eigenvalue weighted by atomic mass is 10.1. The number of aliphatic imine (C=N–C) groups is 1. The number of benzene rings is 1. The smallest absolute Gasteiger partial charge is 0.188 e. The van der Waals surface area contributed by atoms with Crippen LogP contribution < -0.4 is 11.1 Å². The molecule has 0 spiro atoms. The van der Waals surface area contributed by atoms with Crippen LogP contribution in [0.4, 0.5) is 0 Å². The van der Waals surface area contributed by atoms with Gasteiger partial charge in [0.1, 0.15) is 0 Å². The van der Waals surface area contributed by atoms with Crippen molar-refractivity contribution in [1.29, 1.82) is 0 Å². The molecule has 0 amide bonds. The third-order valence-corrected chi connectivity index (χ3v) is 4.38.